The number of Topliss-reactive ketones (excluding diaryl/α,β-unsaturated/α-hetero) is 1. The number of ether oxygens (including phenoxy) is 4. The molecule has 14 nitrogen and oxygen atoms in total. The second kappa shape index (κ2) is 17.4. The number of methoxy groups -OCH3 is 3. The number of cyclic esters (lactones) is 1. The highest BCUT2D eigenvalue weighted by Gasteiger charge is 2.32. The summed E-state index contributed by atoms with van der Waals surface area (Å²) in [6.45, 7) is 1.85. The Balaban J connectivity index is 1.51. The molecule has 52 heavy (non-hydrogen) atoms. The smallest absolute Gasteiger partial charge is 0.342 e. The lowest BCUT2D eigenvalue weighted by Crippen LogP contribution is -2.27. The number of rotatable bonds is 11. The van der Waals surface area contributed by atoms with Crippen molar-refractivity contribution >= 4 is 23.7 Å². The Hall–Kier alpha value is -5.79. The number of nitrogens with zero attached hydrogens (tertiary/aromatic N) is 2. The largest absolute Gasteiger partial charge is 0.507 e. The lowest BCUT2D eigenvalue weighted by atomic mass is 9.84. The van der Waals surface area contributed by atoms with E-state index in [1.165, 1.54) is 33.7 Å². The normalized spacial score (nSPS) is 16.6. The molecule has 1 aliphatic heterocycles. The lowest BCUT2D eigenvalue weighted by Gasteiger charge is -2.24. The quantitative estimate of drug-likeness (QED) is 0.150. The van der Waals surface area contributed by atoms with Crippen LogP contribution in [0.25, 0.3) is 17.7 Å². The molecule has 5 rings (SSSR count). The third-order valence-electron chi connectivity index (χ3n) is 8.75. The van der Waals surface area contributed by atoms with E-state index in [4.69, 9.17) is 27.9 Å². The molecule has 0 saturated heterocycles. The molecule has 14 heteroatoms. The maximum Gasteiger partial charge on any atom is 0.342 e. The molecule has 0 aliphatic carbocycles. The molecule has 1 aliphatic rings. The van der Waals surface area contributed by atoms with Gasteiger partial charge >= 0.3 is 5.97 Å². The topological polar surface area (TPSA) is 193 Å². The molecule has 0 fully saturated rings. The van der Waals surface area contributed by atoms with E-state index in [2.05, 4.69) is 15.5 Å². The molecule has 2 atom stereocenters. The second-order valence-corrected chi connectivity index (χ2v) is 12.4. The third kappa shape index (κ3) is 8.92. The molecular formula is C38H43N3O11. The van der Waals surface area contributed by atoms with Crippen LogP contribution in [-0.4, -0.2) is 72.0 Å². The van der Waals surface area contributed by atoms with Gasteiger partial charge in [-0.05, 0) is 74.1 Å². The molecule has 276 valence electrons. The van der Waals surface area contributed by atoms with Crippen molar-refractivity contribution in [3.05, 3.63) is 70.8 Å². The number of fused-ring (bicyclic) bond motifs is 1. The van der Waals surface area contributed by atoms with E-state index in [0.717, 1.165) is 0 Å². The van der Waals surface area contributed by atoms with Crippen LogP contribution in [0, 0.1) is 0 Å². The molecular weight excluding hydrogens is 674 g/mol. The van der Waals surface area contributed by atoms with Gasteiger partial charge in [0.1, 0.15) is 22.8 Å². The van der Waals surface area contributed by atoms with Crippen molar-refractivity contribution in [2.75, 3.05) is 27.9 Å². The number of carbonyl (C=O) groups excluding carboxylic acids is 3. The van der Waals surface area contributed by atoms with Crippen molar-refractivity contribution in [2.24, 2.45) is 0 Å². The average molecular weight is 718 g/mol. The summed E-state index contributed by atoms with van der Waals surface area (Å²) in [4.78, 5) is 43.8. The number of furan rings is 1. The van der Waals surface area contributed by atoms with Gasteiger partial charge < -0.3 is 43.4 Å². The van der Waals surface area contributed by atoms with Gasteiger partial charge in [0.2, 0.25) is 23.4 Å². The lowest BCUT2D eigenvalue weighted by molar-refractivity contribution is -0.121. The van der Waals surface area contributed by atoms with Crippen LogP contribution in [0.4, 0.5) is 0 Å². The van der Waals surface area contributed by atoms with Gasteiger partial charge in [-0.25, -0.2) is 4.79 Å². The number of amides is 1. The van der Waals surface area contributed by atoms with E-state index in [1.807, 2.05) is 0 Å². The zero-order chi connectivity index (χ0) is 37.2. The minimum Gasteiger partial charge on any atom is -0.507 e. The summed E-state index contributed by atoms with van der Waals surface area (Å²) in [5, 5.41) is 30.2. The van der Waals surface area contributed by atoms with E-state index < -0.39 is 29.6 Å². The van der Waals surface area contributed by atoms with Crippen LogP contribution < -0.4 is 19.5 Å². The first-order chi connectivity index (χ1) is 25.1. The molecule has 2 aromatic heterocycles. The maximum absolute atomic E-state index is 13.7. The predicted octanol–water partition coefficient (Wildman–Crippen LogP) is 6.13. The Kier molecular flexibility index (Phi) is 12.6. The first-order valence-electron chi connectivity index (χ1n) is 17.0. The Morgan fingerprint density at radius 1 is 1.06 bits per heavy atom. The fraction of sp³-hybridized carbons (Fsp3) is 0.395. The first kappa shape index (κ1) is 37.5. The minimum atomic E-state index is -1.03. The van der Waals surface area contributed by atoms with Crippen LogP contribution >= 0.6 is 0 Å². The van der Waals surface area contributed by atoms with Crippen molar-refractivity contribution in [1.82, 2.24) is 15.5 Å². The summed E-state index contributed by atoms with van der Waals surface area (Å²) in [6.07, 6.45) is 7.26. The number of aromatic nitrogens is 2. The Labute approximate surface area is 300 Å². The van der Waals surface area contributed by atoms with E-state index in [0.29, 0.717) is 55.6 Å². The van der Waals surface area contributed by atoms with Crippen molar-refractivity contribution in [3.63, 3.8) is 0 Å². The van der Waals surface area contributed by atoms with Crippen molar-refractivity contribution in [3.8, 4) is 40.3 Å². The van der Waals surface area contributed by atoms with E-state index >= 15 is 0 Å². The molecule has 0 spiro atoms. The van der Waals surface area contributed by atoms with Crippen LogP contribution in [0.5, 0.6) is 28.7 Å². The standard InChI is InChI=1S/C38H43N3O11/c1-22-10-8-13-25(42)12-7-5-6-11-23-18-27(43)34(35(45)33(23)38(46)51-22)26(24-19-29(47-2)36(49-4)30(20-24)48-3)21-31(44)39-16-15-32-40-37(41-52-32)28-14-9-17-50-28/h6,9,11,14,17-20,22,26,43,45H,5,7-8,10,12-13,15-16,21H2,1-4H3,(H,39,44)/b11-6+/t22-,26?/m0/s1. The van der Waals surface area contributed by atoms with E-state index in [9.17, 15) is 24.6 Å². The summed E-state index contributed by atoms with van der Waals surface area (Å²) < 4.78 is 33.0. The summed E-state index contributed by atoms with van der Waals surface area (Å²) in [5.41, 5.74) is 0.400. The fourth-order valence-electron chi connectivity index (χ4n) is 6.14. The Bertz CT molecular complexity index is 1870. The number of benzene rings is 2. The molecule has 1 unspecified atom stereocenters. The molecule has 0 saturated carbocycles. The summed E-state index contributed by atoms with van der Waals surface area (Å²) in [5.74, 6) is -1.18. The zero-order valence-electron chi connectivity index (χ0n) is 29.6. The molecule has 3 N–H and O–H groups in total. The number of phenols is 2. The molecule has 3 heterocycles. The van der Waals surface area contributed by atoms with Crippen LogP contribution in [0.2, 0.25) is 0 Å². The second-order valence-electron chi connectivity index (χ2n) is 12.4. The number of phenolic OH excluding ortho intramolecular Hbond substituents is 2. The number of hydrogen-bond acceptors (Lipinski definition) is 13. The number of allylic oxidation sites excluding steroid dienone is 1. The van der Waals surface area contributed by atoms with Gasteiger partial charge in [0.05, 0.1) is 33.7 Å². The maximum atomic E-state index is 13.7. The van der Waals surface area contributed by atoms with Crippen LogP contribution in [0.1, 0.15) is 90.7 Å². The third-order valence-corrected chi connectivity index (χ3v) is 8.75. The minimum absolute atomic E-state index is 0.0760. The van der Waals surface area contributed by atoms with Gasteiger partial charge in [-0.3, -0.25) is 9.59 Å². The summed E-state index contributed by atoms with van der Waals surface area (Å²) in [6, 6.07) is 7.98. The van der Waals surface area contributed by atoms with E-state index in [-0.39, 0.29) is 70.8 Å². The fourth-order valence-corrected chi connectivity index (χ4v) is 6.14. The van der Waals surface area contributed by atoms with Gasteiger partial charge in [0.25, 0.3) is 0 Å². The van der Waals surface area contributed by atoms with Gasteiger partial charge in [-0.1, -0.05) is 17.3 Å². The monoisotopic (exact) mass is 717 g/mol. The molecule has 0 bridgehead atoms. The first-order valence-corrected chi connectivity index (χ1v) is 17.0. The highest BCUT2D eigenvalue weighted by atomic mass is 16.5. The van der Waals surface area contributed by atoms with Crippen LogP contribution in [0.15, 0.2) is 51.6 Å². The van der Waals surface area contributed by atoms with Crippen molar-refractivity contribution < 1.29 is 52.5 Å². The zero-order valence-corrected chi connectivity index (χ0v) is 29.6. The predicted molar refractivity (Wildman–Crippen MR) is 188 cm³/mol. The SMILES string of the molecule is COc1cc(C(CC(=O)NCCc2nc(-c3ccco3)no2)c2c(O)cc3c(c2O)C(=O)O[C@@H](C)CCCC(=O)CCC/C=C/3)cc(OC)c1OC. The Morgan fingerprint density at radius 2 is 1.81 bits per heavy atom. The van der Waals surface area contributed by atoms with Crippen molar-refractivity contribution in [2.45, 2.75) is 70.3 Å². The van der Waals surface area contributed by atoms with Gasteiger partial charge in [0, 0.05) is 43.7 Å². The van der Waals surface area contributed by atoms with Gasteiger partial charge in [0.15, 0.2) is 17.3 Å². The number of carbonyl (C=O) groups is 3. The molecule has 4 aromatic rings. The van der Waals surface area contributed by atoms with Gasteiger partial charge in [-0.2, -0.15) is 4.98 Å². The number of esters is 1. The highest BCUT2D eigenvalue weighted by Crippen LogP contribution is 2.47. The van der Waals surface area contributed by atoms with E-state index in [1.54, 1.807) is 43.3 Å². The van der Waals surface area contributed by atoms with Crippen molar-refractivity contribution in [1.29, 1.82) is 0 Å². The number of nitrogens with one attached hydrogen (secondary N) is 1. The average Bonchev–Trinajstić information content (AvgIpc) is 3.83. The Morgan fingerprint density at radius 3 is 2.50 bits per heavy atom. The number of hydrogen-bond donors (Lipinski definition) is 3. The highest BCUT2D eigenvalue weighted by molar-refractivity contribution is 5.98. The molecule has 1 amide bonds. The molecule has 0 radical (unpaired) electrons. The summed E-state index contributed by atoms with van der Waals surface area (Å²) in [7, 11) is 4.34. The summed E-state index contributed by atoms with van der Waals surface area (Å²) >= 11 is 0. The number of ketones is 1. The van der Waals surface area contributed by atoms with Crippen LogP contribution in [0.3, 0.4) is 0 Å². The molecule has 2 aromatic carbocycles. The number of aromatic hydroxyl groups is 2. The van der Waals surface area contributed by atoms with Crippen LogP contribution in [-0.2, 0) is 20.7 Å². The van der Waals surface area contributed by atoms with Gasteiger partial charge in [-0.15, -0.1) is 0 Å².